The Morgan fingerprint density at radius 1 is 1.03 bits per heavy atom. The first kappa shape index (κ1) is 21.7. The number of amides is 1. The van der Waals surface area contributed by atoms with Gasteiger partial charge in [0.1, 0.15) is 11.9 Å². The Balaban J connectivity index is 1.54. The second-order valence-corrected chi connectivity index (χ2v) is 9.62. The van der Waals surface area contributed by atoms with E-state index in [2.05, 4.69) is 10.3 Å². The van der Waals surface area contributed by atoms with Crippen molar-refractivity contribution < 1.29 is 13.2 Å². The summed E-state index contributed by atoms with van der Waals surface area (Å²) in [6, 6.07) is 21.4. The highest BCUT2D eigenvalue weighted by molar-refractivity contribution is 7.89. The van der Waals surface area contributed by atoms with Gasteiger partial charge in [0, 0.05) is 26.5 Å². The minimum Gasteiger partial charge on any atom is -0.341 e. The van der Waals surface area contributed by atoms with E-state index in [0.717, 1.165) is 20.6 Å². The topological polar surface area (TPSA) is 84.3 Å². The van der Waals surface area contributed by atoms with Crippen LogP contribution in [0.25, 0.3) is 10.8 Å². The Labute approximate surface area is 187 Å². The van der Waals surface area contributed by atoms with Crippen molar-refractivity contribution >= 4 is 26.7 Å². The molecule has 0 spiro atoms. The number of benzene rings is 3. The van der Waals surface area contributed by atoms with Crippen LogP contribution < -0.4 is 5.32 Å². The predicted molar refractivity (Wildman–Crippen MR) is 123 cm³/mol. The van der Waals surface area contributed by atoms with Crippen LogP contribution in [0.1, 0.15) is 17.4 Å². The molecule has 1 aromatic heterocycles. The van der Waals surface area contributed by atoms with Crippen molar-refractivity contribution in [1.82, 2.24) is 19.2 Å². The first-order valence-electron chi connectivity index (χ1n) is 10.1. The average Bonchev–Trinajstić information content (AvgIpc) is 3.23. The Morgan fingerprint density at radius 3 is 2.41 bits per heavy atom. The van der Waals surface area contributed by atoms with E-state index in [0.29, 0.717) is 5.82 Å². The number of fused-ring (bicyclic) bond motifs is 1. The van der Waals surface area contributed by atoms with Crippen LogP contribution in [-0.2, 0) is 21.9 Å². The summed E-state index contributed by atoms with van der Waals surface area (Å²) in [5.74, 6) is 0.235. The lowest BCUT2D eigenvalue weighted by atomic mass is 10.1. The van der Waals surface area contributed by atoms with Crippen LogP contribution in [-0.4, -0.2) is 41.8 Å². The highest BCUT2D eigenvalue weighted by Gasteiger charge is 2.26. The maximum atomic E-state index is 13.1. The summed E-state index contributed by atoms with van der Waals surface area (Å²) in [5, 5.41) is 4.71. The van der Waals surface area contributed by atoms with Gasteiger partial charge in [-0.25, -0.2) is 13.4 Å². The van der Waals surface area contributed by atoms with Gasteiger partial charge in [-0.1, -0.05) is 60.7 Å². The molecule has 7 nitrogen and oxygen atoms in total. The molecule has 0 saturated heterocycles. The summed E-state index contributed by atoms with van der Waals surface area (Å²) in [6.45, 7) is -0.317. The maximum absolute atomic E-state index is 13.1. The van der Waals surface area contributed by atoms with Crippen LogP contribution in [0.2, 0.25) is 0 Å². The van der Waals surface area contributed by atoms with Gasteiger partial charge in [-0.15, -0.1) is 0 Å². The number of carbonyl (C=O) groups is 1. The van der Waals surface area contributed by atoms with E-state index >= 15 is 0 Å². The fourth-order valence-electron chi connectivity index (χ4n) is 3.60. The first-order chi connectivity index (χ1) is 15.4. The number of aryl methyl sites for hydroxylation is 1. The van der Waals surface area contributed by atoms with Gasteiger partial charge in [0.2, 0.25) is 15.9 Å². The van der Waals surface area contributed by atoms with Crippen LogP contribution in [0.4, 0.5) is 0 Å². The number of hydrogen-bond acceptors (Lipinski definition) is 4. The van der Waals surface area contributed by atoms with E-state index in [-0.39, 0.29) is 11.4 Å². The molecule has 0 fully saturated rings. The molecule has 0 aliphatic rings. The Morgan fingerprint density at radius 2 is 1.72 bits per heavy atom. The van der Waals surface area contributed by atoms with E-state index in [1.807, 2.05) is 66.2 Å². The minimum absolute atomic E-state index is 0.148. The summed E-state index contributed by atoms with van der Waals surface area (Å²) >= 11 is 0. The predicted octanol–water partition coefficient (Wildman–Crippen LogP) is 3.10. The minimum atomic E-state index is -3.84. The van der Waals surface area contributed by atoms with Gasteiger partial charge >= 0.3 is 0 Å². The molecule has 0 aliphatic heterocycles. The second kappa shape index (κ2) is 8.94. The largest absolute Gasteiger partial charge is 0.341 e. The molecule has 1 amide bonds. The fraction of sp³-hybridized carbons (Fsp3) is 0.167. The lowest BCUT2D eigenvalue weighted by Gasteiger charge is -2.22. The SMILES string of the molecule is CN(CC(=O)NC(c1ccccc1)c1nccn1C)S(=O)(=O)c1ccc2ccccc2c1. The molecule has 0 aliphatic carbocycles. The molecule has 4 aromatic rings. The zero-order chi connectivity index (χ0) is 22.7. The fourth-order valence-corrected chi connectivity index (χ4v) is 4.76. The second-order valence-electron chi connectivity index (χ2n) is 7.58. The van der Waals surface area contributed by atoms with Crippen LogP contribution in [0.3, 0.4) is 0 Å². The van der Waals surface area contributed by atoms with Gasteiger partial charge in [0.05, 0.1) is 11.4 Å². The van der Waals surface area contributed by atoms with Gasteiger partial charge in [0.25, 0.3) is 0 Å². The van der Waals surface area contributed by atoms with Gasteiger partial charge in [-0.2, -0.15) is 4.31 Å². The maximum Gasteiger partial charge on any atom is 0.243 e. The van der Waals surface area contributed by atoms with Crippen molar-refractivity contribution in [2.24, 2.45) is 7.05 Å². The molecule has 164 valence electrons. The normalized spacial score (nSPS) is 12.7. The number of hydrogen-bond donors (Lipinski definition) is 1. The number of rotatable bonds is 7. The lowest BCUT2D eigenvalue weighted by Crippen LogP contribution is -2.40. The Bertz CT molecular complexity index is 1350. The van der Waals surface area contributed by atoms with Gasteiger partial charge in [0.15, 0.2) is 0 Å². The molecular formula is C24H24N4O3S. The molecule has 1 unspecified atom stereocenters. The van der Waals surface area contributed by atoms with Crippen molar-refractivity contribution in [2.45, 2.75) is 10.9 Å². The van der Waals surface area contributed by atoms with Crippen molar-refractivity contribution in [1.29, 1.82) is 0 Å². The molecule has 0 bridgehead atoms. The van der Waals surface area contributed by atoms with Gasteiger partial charge < -0.3 is 9.88 Å². The van der Waals surface area contributed by atoms with Gasteiger partial charge in [-0.05, 0) is 28.5 Å². The Hall–Kier alpha value is -3.49. The highest BCUT2D eigenvalue weighted by Crippen LogP contribution is 2.22. The zero-order valence-corrected chi connectivity index (χ0v) is 18.7. The van der Waals surface area contributed by atoms with Crippen molar-refractivity contribution in [2.75, 3.05) is 13.6 Å². The Kier molecular flexibility index (Phi) is 6.07. The molecule has 32 heavy (non-hydrogen) atoms. The number of likely N-dealkylation sites (N-methyl/N-ethyl adjacent to an activating group) is 1. The van der Waals surface area contributed by atoms with E-state index in [4.69, 9.17) is 0 Å². The summed E-state index contributed by atoms with van der Waals surface area (Å²) in [5.41, 5.74) is 0.857. The smallest absolute Gasteiger partial charge is 0.243 e. The van der Waals surface area contributed by atoms with Crippen LogP contribution in [0.15, 0.2) is 90.1 Å². The molecule has 8 heteroatoms. The molecule has 3 aromatic carbocycles. The molecule has 0 saturated carbocycles. The van der Waals surface area contributed by atoms with Crippen LogP contribution >= 0.6 is 0 Å². The third-order valence-corrected chi connectivity index (χ3v) is 7.15. The van der Waals surface area contributed by atoms with Crippen LogP contribution in [0, 0.1) is 0 Å². The summed E-state index contributed by atoms with van der Waals surface area (Å²) < 4.78 is 29.0. The number of aromatic nitrogens is 2. The summed E-state index contributed by atoms with van der Waals surface area (Å²) in [7, 11) is -0.583. The molecule has 0 radical (unpaired) electrons. The molecule has 1 heterocycles. The number of imidazole rings is 1. The monoisotopic (exact) mass is 448 g/mol. The van der Waals surface area contributed by atoms with Crippen molar-refractivity contribution in [3.05, 3.63) is 96.6 Å². The molecule has 4 rings (SSSR count). The molecule has 1 N–H and O–H groups in total. The van der Waals surface area contributed by atoms with E-state index < -0.39 is 22.0 Å². The number of nitrogens with one attached hydrogen (secondary N) is 1. The first-order valence-corrected chi connectivity index (χ1v) is 11.6. The van der Waals surface area contributed by atoms with E-state index in [1.165, 1.54) is 7.05 Å². The van der Waals surface area contributed by atoms with Gasteiger partial charge in [-0.3, -0.25) is 4.79 Å². The van der Waals surface area contributed by atoms with E-state index in [1.54, 1.807) is 30.6 Å². The molecule has 1 atom stereocenters. The number of carbonyl (C=O) groups excluding carboxylic acids is 1. The quantitative estimate of drug-likeness (QED) is 0.471. The van der Waals surface area contributed by atoms with Crippen LogP contribution in [0.5, 0.6) is 0 Å². The molecular weight excluding hydrogens is 424 g/mol. The van der Waals surface area contributed by atoms with E-state index in [9.17, 15) is 13.2 Å². The summed E-state index contributed by atoms with van der Waals surface area (Å²) in [4.78, 5) is 17.4. The third-order valence-electron chi connectivity index (χ3n) is 5.35. The average molecular weight is 449 g/mol. The standard InChI is InChI=1S/C24H24N4O3S/c1-27-15-14-25-24(27)23(19-9-4-3-5-10-19)26-22(29)17-28(2)32(30,31)21-13-12-18-8-6-7-11-20(18)16-21/h3-16,23H,17H2,1-2H3,(H,26,29). The van der Waals surface area contributed by atoms with Crippen molar-refractivity contribution in [3.63, 3.8) is 0 Å². The zero-order valence-electron chi connectivity index (χ0n) is 17.8. The lowest BCUT2D eigenvalue weighted by molar-refractivity contribution is -0.121. The highest BCUT2D eigenvalue weighted by atomic mass is 32.2. The number of nitrogens with zero attached hydrogens (tertiary/aromatic N) is 3. The summed E-state index contributed by atoms with van der Waals surface area (Å²) in [6.07, 6.45) is 3.46. The third kappa shape index (κ3) is 4.42. The number of sulfonamides is 1. The van der Waals surface area contributed by atoms with Crippen molar-refractivity contribution in [3.8, 4) is 0 Å².